The maximum Gasteiger partial charge on any atom is 0.235 e. The lowest BCUT2D eigenvalue weighted by molar-refractivity contribution is -0.122. The number of methoxy groups -OCH3 is 1. The van der Waals surface area contributed by atoms with E-state index in [9.17, 15) is 14.7 Å². The number of aliphatic hydroxyl groups is 1. The van der Waals surface area contributed by atoms with Gasteiger partial charge >= 0.3 is 0 Å². The molecule has 3 rings (SSSR count). The number of aliphatic hydroxyl groups excluding tert-OH is 1. The van der Waals surface area contributed by atoms with Crippen LogP contribution in [0.2, 0.25) is 0 Å². The summed E-state index contributed by atoms with van der Waals surface area (Å²) < 4.78 is 5.43. The molecule has 6 nitrogen and oxygen atoms in total. The van der Waals surface area contributed by atoms with Gasteiger partial charge < -0.3 is 20.5 Å². The number of carbonyl (C=O) groups is 2. The number of hydrogen-bond donors (Lipinski definition) is 3. The van der Waals surface area contributed by atoms with Crippen LogP contribution >= 0.6 is 0 Å². The molecule has 1 aliphatic rings. The van der Waals surface area contributed by atoms with Crippen LogP contribution < -0.4 is 15.4 Å². The molecule has 1 fully saturated rings. The van der Waals surface area contributed by atoms with Gasteiger partial charge in [0.15, 0.2) is 0 Å². The zero-order chi connectivity index (χ0) is 21.1. The molecule has 0 saturated heterocycles. The van der Waals surface area contributed by atoms with Gasteiger partial charge in [0.05, 0.1) is 31.1 Å². The number of hydrogen-bond acceptors (Lipinski definition) is 4. The number of ether oxygens (including phenoxy) is 1. The van der Waals surface area contributed by atoms with Crippen LogP contribution in [0, 0.1) is 0 Å². The third-order valence-corrected chi connectivity index (χ3v) is 5.26. The Morgan fingerprint density at radius 1 is 1.10 bits per heavy atom. The predicted molar refractivity (Wildman–Crippen MR) is 112 cm³/mol. The maximum absolute atomic E-state index is 13.0. The van der Waals surface area contributed by atoms with Gasteiger partial charge in [-0.2, -0.15) is 0 Å². The van der Waals surface area contributed by atoms with Crippen molar-refractivity contribution in [3.05, 3.63) is 59.7 Å². The van der Waals surface area contributed by atoms with Crippen molar-refractivity contribution in [1.82, 2.24) is 5.32 Å². The Balaban J connectivity index is 1.64. The third-order valence-electron chi connectivity index (χ3n) is 5.26. The van der Waals surface area contributed by atoms with Crippen LogP contribution in [-0.4, -0.2) is 36.2 Å². The number of rotatable bonds is 8. The first-order valence-electron chi connectivity index (χ1n) is 9.75. The second-order valence-electron chi connectivity index (χ2n) is 8.20. The molecule has 0 radical (unpaired) electrons. The first kappa shape index (κ1) is 20.9. The standard InChI is InChI=1S/C23H28N2O4/c1-22(2,15-26)25-20(27)14-16-8-10-17(11-9-16)24-21(28)23(12-13-23)18-6-4-5-7-19(18)29-3/h4-11,26H,12-15H2,1-3H3,(H,24,28)(H,25,27). The van der Waals surface area contributed by atoms with Crippen molar-refractivity contribution in [2.45, 2.75) is 44.1 Å². The zero-order valence-corrected chi connectivity index (χ0v) is 17.1. The van der Waals surface area contributed by atoms with Gasteiger partial charge in [0, 0.05) is 11.3 Å². The third kappa shape index (κ3) is 4.77. The van der Waals surface area contributed by atoms with E-state index in [0.717, 1.165) is 29.7 Å². The molecule has 2 amide bonds. The molecule has 154 valence electrons. The minimum absolute atomic E-state index is 0.0443. The van der Waals surface area contributed by atoms with Crippen molar-refractivity contribution in [3.63, 3.8) is 0 Å². The molecule has 0 unspecified atom stereocenters. The first-order chi connectivity index (χ1) is 13.8. The van der Waals surface area contributed by atoms with Crippen LogP contribution in [0.15, 0.2) is 48.5 Å². The highest BCUT2D eigenvalue weighted by Crippen LogP contribution is 2.51. The van der Waals surface area contributed by atoms with Crippen LogP contribution in [-0.2, 0) is 21.4 Å². The van der Waals surface area contributed by atoms with Gasteiger partial charge in [0.25, 0.3) is 0 Å². The first-order valence-corrected chi connectivity index (χ1v) is 9.75. The fraction of sp³-hybridized carbons (Fsp3) is 0.391. The average Bonchev–Trinajstić information content (AvgIpc) is 3.51. The number of nitrogens with one attached hydrogen (secondary N) is 2. The van der Waals surface area contributed by atoms with E-state index in [0.29, 0.717) is 5.69 Å². The van der Waals surface area contributed by atoms with E-state index >= 15 is 0 Å². The molecule has 2 aromatic carbocycles. The second-order valence-corrected chi connectivity index (χ2v) is 8.20. The van der Waals surface area contributed by atoms with Gasteiger partial charge in [0.2, 0.25) is 11.8 Å². The Hall–Kier alpha value is -2.86. The molecule has 0 aliphatic heterocycles. The van der Waals surface area contributed by atoms with Gasteiger partial charge in [-0.25, -0.2) is 0 Å². The summed E-state index contributed by atoms with van der Waals surface area (Å²) >= 11 is 0. The highest BCUT2D eigenvalue weighted by Gasteiger charge is 2.52. The quantitative estimate of drug-likeness (QED) is 0.640. The zero-order valence-electron chi connectivity index (χ0n) is 17.1. The summed E-state index contributed by atoms with van der Waals surface area (Å²) in [7, 11) is 1.61. The Kier molecular flexibility index (Phi) is 5.94. The van der Waals surface area contributed by atoms with Crippen LogP contribution in [0.5, 0.6) is 5.75 Å². The SMILES string of the molecule is COc1ccccc1C1(C(=O)Nc2ccc(CC(=O)NC(C)(C)CO)cc2)CC1. The molecule has 0 atom stereocenters. The van der Waals surface area contributed by atoms with Gasteiger partial charge in [-0.05, 0) is 50.5 Å². The van der Waals surface area contributed by atoms with Crippen molar-refractivity contribution < 1.29 is 19.4 Å². The van der Waals surface area contributed by atoms with Crippen molar-refractivity contribution in [2.75, 3.05) is 19.0 Å². The van der Waals surface area contributed by atoms with Gasteiger partial charge in [-0.3, -0.25) is 9.59 Å². The Morgan fingerprint density at radius 2 is 1.76 bits per heavy atom. The van der Waals surface area contributed by atoms with E-state index in [1.165, 1.54) is 0 Å². The van der Waals surface area contributed by atoms with Crippen molar-refractivity contribution in [3.8, 4) is 5.75 Å². The highest BCUT2D eigenvalue weighted by molar-refractivity contribution is 6.01. The number of anilines is 1. The van der Waals surface area contributed by atoms with E-state index in [2.05, 4.69) is 10.6 Å². The summed E-state index contributed by atoms with van der Waals surface area (Å²) in [5, 5.41) is 15.0. The Morgan fingerprint density at radius 3 is 2.34 bits per heavy atom. The van der Waals surface area contributed by atoms with Crippen LogP contribution in [0.1, 0.15) is 37.8 Å². The number of carbonyl (C=O) groups excluding carboxylic acids is 2. The topological polar surface area (TPSA) is 87.7 Å². The van der Waals surface area contributed by atoms with Gasteiger partial charge in [0.1, 0.15) is 5.75 Å². The summed E-state index contributed by atoms with van der Waals surface area (Å²) in [6.45, 7) is 3.40. The molecule has 0 aromatic heterocycles. The molecular formula is C23H28N2O4. The Bertz CT molecular complexity index is 886. The molecule has 1 saturated carbocycles. The molecule has 2 aromatic rings. The smallest absolute Gasteiger partial charge is 0.235 e. The van der Waals surface area contributed by atoms with E-state index < -0.39 is 11.0 Å². The minimum atomic E-state index is -0.651. The maximum atomic E-state index is 13.0. The van der Waals surface area contributed by atoms with Crippen molar-refractivity contribution >= 4 is 17.5 Å². The Labute approximate surface area is 171 Å². The number of benzene rings is 2. The second kappa shape index (κ2) is 8.25. The molecule has 1 aliphatic carbocycles. The molecule has 29 heavy (non-hydrogen) atoms. The molecule has 0 spiro atoms. The van der Waals surface area contributed by atoms with Crippen LogP contribution in [0.25, 0.3) is 0 Å². The molecular weight excluding hydrogens is 368 g/mol. The lowest BCUT2D eigenvalue weighted by Gasteiger charge is -2.23. The monoisotopic (exact) mass is 396 g/mol. The molecule has 0 bridgehead atoms. The number of amides is 2. The van der Waals surface area contributed by atoms with E-state index in [4.69, 9.17) is 4.74 Å². The fourth-order valence-electron chi connectivity index (χ4n) is 3.39. The minimum Gasteiger partial charge on any atom is -0.496 e. The summed E-state index contributed by atoms with van der Waals surface area (Å²) in [4.78, 5) is 25.1. The lowest BCUT2D eigenvalue weighted by Crippen LogP contribution is -2.46. The average molecular weight is 396 g/mol. The molecule has 3 N–H and O–H groups in total. The molecule has 0 heterocycles. The summed E-state index contributed by atoms with van der Waals surface area (Å²) in [6, 6.07) is 14.9. The predicted octanol–water partition coefficient (Wildman–Crippen LogP) is 2.80. The van der Waals surface area contributed by atoms with Gasteiger partial charge in [-0.15, -0.1) is 0 Å². The summed E-state index contributed by atoms with van der Waals surface area (Å²) in [5.74, 6) is 0.526. The normalized spacial score (nSPS) is 14.8. The highest BCUT2D eigenvalue weighted by atomic mass is 16.5. The fourth-order valence-corrected chi connectivity index (χ4v) is 3.39. The van der Waals surface area contributed by atoms with Crippen LogP contribution in [0.3, 0.4) is 0 Å². The van der Waals surface area contributed by atoms with Crippen molar-refractivity contribution in [2.24, 2.45) is 0 Å². The van der Waals surface area contributed by atoms with Crippen LogP contribution in [0.4, 0.5) is 5.69 Å². The van der Waals surface area contributed by atoms with E-state index in [1.807, 2.05) is 36.4 Å². The largest absolute Gasteiger partial charge is 0.496 e. The van der Waals surface area contributed by atoms with Gasteiger partial charge in [-0.1, -0.05) is 30.3 Å². The summed E-state index contributed by atoms with van der Waals surface area (Å²) in [6.07, 6.45) is 1.79. The number of para-hydroxylation sites is 1. The van der Waals surface area contributed by atoms with E-state index in [1.54, 1.807) is 33.1 Å². The molecule has 6 heteroatoms. The van der Waals surface area contributed by atoms with Crippen molar-refractivity contribution in [1.29, 1.82) is 0 Å². The lowest BCUT2D eigenvalue weighted by atomic mass is 9.93. The summed E-state index contributed by atoms with van der Waals surface area (Å²) in [5.41, 5.74) is 1.25. The van der Waals surface area contributed by atoms with E-state index in [-0.39, 0.29) is 24.8 Å².